The molecule has 0 aliphatic heterocycles. The topological polar surface area (TPSA) is 38.7 Å². The van der Waals surface area contributed by atoms with Gasteiger partial charge in [0.2, 0.25) is 0 Å². The lowest BCUT2D eigenvalue weighted by Crippen LogP contribution is -2.05. The zero-order chi connectivity index (χ0) is 14.9. The molecule has 0 bridgehead atoms. The molecule has 106 valence electrons. The first-order valence-corrected chi connectivity index (χ1v) is 6.68. The van der Waals surface area contributed by atoms with Gasteiger partial charge in [-0.15, -0.1) is 0 Å². The Labute approximate surface area is 122 Å². The molecule has 0 fully saturated rings. The van der Waals surface area contributed by atoms with Gasteiger partial charge in [-0.1, -0.05) is 11.6 Å². The third-order valence-electron chi connectivity index (χ3n) is 2.42. The minimum atomic E-state index is -4.39. The summed E-state index contributed by atoms with van der Waals surface area (Å²) >= 11 is 7.08. The summed E-state index contributed by atoms with van der Waals surface area (Å²) in [5.41, 5.74) is -0.112. The summed E-state index contributed by atoms with van der Waals surface area (Å²) in [7, 11) is 0. The number of nitrogens with zero attached hydrogens (tertiary/aromatic N) is 3. The second kappa shape index (κ2) is 5.57. The van der Waals surface area contributed by atoms with Gasteiger partial charge in [0.15, 0.2) is 0 Å². The molecule has 0 aliphatic carbocycles. The van der Waals surface area contributed by atoms with Crippen molar-refractivity contribution in [1.29, 1.82) is 0 Å². The van der Waals surface area contributed by atoms with Gasteiger partial charge < -0.3 is 0 Å². The van der Waals surface area contributed by atoms with Crippen molar-refractivity contribution in [3.63, 3.8) is 0 Å². The molecule has 0 atom stereocenters. The van der Waals surface area contributed by atoms with Crippen LogP contribution in [0.3, 0.4) is 0 Å². The van der Waals surface area contributed by atoms with Crippen molar-refractivity contribution in [2.75, 3.05) is 0 Å². The van der Waals surface area contributed by atoms with E-state index in [0.29, 0.717) is 26.6 Å². The number of rotatable bonds is 2. The van der Waals surface area contributed by atoms with Crippen LogP contribution in [-0.4, -0.2) is 15.0 Å². The summed E-state index contributed by atoms with van der Waals surface area (Å²) < 4.78 is 37.3. The second-order valence-electron chi connectivity index (χ2n) is 3.98. The quantitative estimate of drug-likeness (QED) is 0.773. The van der Waals surface area contributed by atoms with Crippen molar-refractivity contribution in [1.82, 2.24) is 15.0 Å². The molecule has 20 heavy (non-hydrogen) atoms. The molecule has 0 saturated heterocycles. The molecule has 0 aromatic carbocycles. The van der Waals surface area contributed by atoms with Crippen LogP contribution in [0.25, 0.3) is 0 Å². The minimum absolute atomic E-state index is 0.326. The molecule has 0 unspecified atom stereocenters. The fraction of sp³-hybridized carbons (Fsp3) is 0.250. The largest absolute Gasteiger partial charge is 0.417 e. The first kappa shape index (κ1) is 15.1. The van der Waals surface area contributed by atoms with Gasteiger partial charge in [0.25, 0.3) is 0 Å². The van der Waals surface area contributed by atoms with E-state index in [-0.39, 0.29) is 0 Å². The molecule has 2 aromatic heterocycles. The highest BCUT2D eigenvalue weighted by atomic mass is 35.5. The van der Waals surface area contributed by atoms with E-state index in [2.05, 4.69) is 15.0 Å². The van der Waals surface area contributed by atoms with E-state index in [0.717, 1.165) is 24.0 Å². The Hall–Kier alpha value is -1.34. The lowest BCUT2D eigenvalue weighted by Gasteiger charge is -2.08. The van der Waals surface area contributed by atoms with Crippen LogP contribution < -0.4 is 0 Å². The Morgan fingerprint density at radius 3 is 2.40 bits per heavy atom. The van der Waals surface area contributed by atoms with Gasteiger partial charge in [-0.2, -0.15) is 13.2 Å². The summed E-state index contributed by atoms with van der Waals surface area (Å²) in [6.45, 7) is 3.43. The highest BCUT2D eigenvalue weighted by molar-refractivity contribution is 7.99. The van der Waals surface area contributed by atoms with E-state index >= 15 is 0 Å². The average molecular weight is 320 g/mol. The molecule has 3 nitrogen and oxygen atoms in total. The number of hydrogen-bond acceptors (Lipinski definition) is 4. The summed E-state index contributed by atoms with van der Waals surface area (Å²) in [4.78, 5) is 12.0. The molecule has 2 heterocycles. The van der Waals surface area contributed by atoms with Crippen LogP contribution in [0.5, 0.6) is 0 Å². The van der Waals surface area contributed by atoms with Gasteiger partial charge in [-0.05, 0) is 37.7 Å². The molecular weight excluding hydrogens is 311 g/mol. The Morgan fingerprint density at radius 1 is 1.15 bits per heavy atom. The first-order chi connectivity index (χ1) is 9.27. The average Bonchev–Trinajstić information content (AvgIpc) is 2.35. The minimum Gasteiger partial charge on any atom is -0.249 e. The summed E-state index contributed by atoms with van der Waals surface area (Å²) in [5.74, 6) is 0.495. The Balaban J connectivity index is 2.27. The number of alkyl halides is 3. The number of aromatic nitrogens is 3. The fourth-order valence-electron chi connectivity index (χ4n) is 1.38. The Bertz CT molecular complexity index is 629. The van der Waals surface area contributed by atoms with Crippen molar-refractivity contribution in [3.05, 3.63) is 40.4 Å². The number of halogens is 4. The van der Waals surface area contributed by atoms with E-state index in [9.17, 15) is 13.2 Å². The van der Waals surface area contributed by atoms with E-state index < -0.39 is 11.7 Å². The maximum absolute atomic E-state index is 12.4. The summed E-state index contributed by atoms with van der Waals surface area (Å²) in [6, 6.07) is 2.29. The third kappa shape index (κ3) is 3.40. The summed E-state index contributed by atoms with van der Waals surface area (Å²) in [5, 5.41) is 1.32. The van der Waals surface area contributed by atoms with Crippen LogP contribution in [0.4, 0.5) is 13.2 Å². The molecule has 8 heteroatoms. The normalized spacial score (nSPS) is 11.7. The molecule has 0 N–H and O–H groups in total. The molecule has 0 radical (unpaired) electrons. The lowest BCUT2D eigenvalue weighted by atomic mass is 10.3. The number of aryl methyl sites for hydroxylation is 1. The highest BCUT2D eigenvalue weighted by Gasteiger charge is 2.30. The fourth-order valence-corrected chi connectivity index (χ4v) is 2.51. The van der Waals surface area contributed by atoms with Crippen LogP contribution in [-0.2, 0) is 6.18 Å². The zero-order valence-electron chi connectivity index (χ0n) is 10.5. The van der Waals surface area contributed by atoms with Crippen molar-refractivity contribution in [2.24, 2.45) is 0 Å². The lowest BCUT2D eigenvalue weighted by molar-refractivity contribution is -0.137. The zero-order valence-corrected chi connectivity index (χ0v) is 12.1. The van der Waals surface area contributed by atoms with Crippen LogP contribution in [0.15, 0.2) is 28.4 Å². The van der Waals surface area contributed by atoms with E-state index in [1.807, 2.05) is 0 Å². The van der Waals surface area contributed by atoms with E-state index in [1.54, 1.807) is 13.8 Å². The maximum atomic E-state index is 12.4. The van der Waals surface area contributed by atoms with Crippen LogP contribution in [0.2, 0.25) is 5.15 Å². The van der Waals surface area contributed by atoms with Gasteiger partial charge in [0.1, 0.15) is 21.0 Å². The van der Waals surface area contributed by atoms with E-state index in [4.69, 9.17) is 11.6 Å². The molecular formula is C12H9ClF3N3S. The summed E-state index contributed by atoms with van der Waals surface area (Å²) in [6.07, 6.45) is -3.59. The van der Waals surface area contributed by atoms with Gasteiger partial charge in [-0.25, -0.2) is 15.0 Å². The Morgan fingerprint density at radius 2 is 1.85 bits per heavy atom. The SMILES string of the molecule is Cc1nc(Cl)c(C)c(Sc2ccc(C(F)(F)F)cn2)n1. The monoisotopic (exact) mass is 319 g/mol. The molecule has 0 spiro atoms. The maximum Gasteiger partial charge on any atom is 0.417 e. The van der Waals surface area contributed by atoms with Crippen molar-refractivity contribution < 1.29 is 13.2 Å². The number of pyridine rings is 1. The first-order valence-electron chi connectivity index (χ1n) is 5.49. The Kier molecular flexibility index (Phi) is 4.19. The van der Waals surface area contributed by atoms with Gasteiger partial charge in [-0.3, -0.25) is 0 Å². The van der Waals surface area contributed by atoms with Crippen molar-refractivity contribution in [3.8, 4) is 0 Å². The molecule has 0 saturated carbocycles. The van der Waals surface area contributed by atoms with Crippen LogP contribution in [0.1, 0.15) is 17.0 Å². The molecule has 0 aliphatic rings. The predicted molar refractivity (Wildman–Crippen MR) is 69.9 cm³/mol. The van der Waals surface area contributed by atoms with Crippen LogP contribution >= 0.6 is 23.4 Å². The highest BCUT2D eigenvalue weighted by Crippen LogP contribution is 2.32. The molecule has 2 rings (SSSR count). The number of hydrogen-bond donors (Lipinski definition) is 0. The van der Waals surface area contributed by atoms with Gasteiger partial charge in [0, 0.05) is 11.8 Å². The molecule has 0 amide bonds. The molecule has 2 aromatic rings. The smallest absolute Gasteiger partial charge is 0.249 e. The van der Waals surface area contributed by atoms with Gasteiger partial charge in [0.05, 0.1) is 5.56 Å². The second-order valence-corrected chi connectivity index (χ2v) is 5.34. The predicted octanol–water partition coefficient (Wildman–Crippen LogP) is 4.31. The van der Waals surface area contributed by atoms with Gasteiger partial charge >= 0.3 is 6.18 Å². The third-order valence-corrected chi connectivity index (χ3v) is 3.83. The van der Waals surface area contributed by atoms with Crippen molar-refractivity contribution >= 4 is 23.4 Å². The van der Waals surface area contributed by atoms with Crippen molar-refractivity contribution in [2.45, 2.75) is 30.1 Å². The standard InChI is InChI=1S/C12H9ClF3N3S/c1-6-10(13)18-7(2)19-11(6)20-9-4-3-8(5-17-9)12(14,15)16/h3-5H,1-2H3. The van der Waals surface area contributed by atoms with E-state index in [1.165, 1.54) is 6.07 Å². The van der Waals surface area contributed by atoms with Crippen LogP contribution in [0, 0.1) is 13.8 Å².